The molecule has 0 radical (unpaired) electrons. The molecule has 0 aliphatic heterocycles. The van der Waals surface area contributed by atoms with Crippen LogP contribution in [0, 0.1) is 0 Å². The summed E-state index contributed by atoms with van der Waals surface area (Å²) in [7, 11) is -3.54. The first-order valence-corrected chi connectivity index (χ1v) is 13.3. The van der Waals surface area contributed by atoms with Gasteiger partial charge in [0.25, 0.3) is 5.91 Å². The van der Waals surface area contributed by atoms with Gasteiger partial charge < -0.3 is 14.8 Å². The summed E-state index contributed by atoms with van der Waals surface area (Å²) < 4.78 is 37.8. The van der Waals surface area contributed by atoms with E-state index in [2.05, 4.69) is 10.6 Å². The molecular formula is C26H29N3O5S2. The van der Waals surface area contributed by atoms with Crippen molar-refractivity contribution in [2.24, 2.45) is 0 Å². The van der Waals surface area contributed by atoms with Crippen LogP contribution in [0.15, 0.2) is 83.8 Å². The lowest BCUT2D eigenvalue weighted by molar-refractivity contribution is 0.0977. The molecule has 190 valence electrons. The van der Waals surface area contributed by atoms with Crippen LogP contribution >= 0.6 is 12.2 Å². The number of thiocarbonyl (C=S) groups is 1. The van der Waals surface area contributed by atoms with Crippen LogP contribution in [0.5, 0.6) is 11.5 Å². The summed E-state index contributed by atoms with van der Waals surface area (Å²) in [4.78, 5) is 12.7. The van der Waals surface area contributed by atoms with Gasteiger partial charge in [-0.05, 0) is 72.9 Å². The summed E-state index contributed by atoms with van der Waals surface area (Å²) in [5.74, 6) is 1.01. The lowest BCUT2D eigenvalue weighted by Gasteiger charge is -2.18. The van der Waals surface area contributed by atoms with Crippen LogP contribution < -0.4 is 20.1 Å². The van der Waals surface area contributed by atoms with Crippen molar-refractivity contribution in [3.05, 3.63) is 84.4 Å². The molecular weight excluding hydrogens is 498 g/mol. The highest BCUT2D eigenvalue weighted by molar-refractivity contribution is 7.89. The number of carbonyl (C=O) groups is 1. The van der Waals surface area contributed by atoms with E-state index in [1.54, 1.807) is 50.2 Å². The fourth-order valence-corrected chi connectivity index (χ4v) is 4.97. The SMILES string of the molecule is CCN(CC)S(=O)(=O)c1ccc(NC(=S)NC(=O)c2ccc(OCCOc3ccccc3)cc2)cc1. The number of benzene rings is 3. The molecule has 1 amide bonds. The van der Waals surface area contributed by atoms with Crippen molar-refractivity contribution >= 4 is 38.9 Å². The fraction of sp³-hybridized carbons (Fsp3) is 0.231. The number of nitrogens with one attached hydrogen (secondary N) is 2. The summed E-state index contributed by atoms with van der Waals surface area (Å²) in [6.07, 6.45) is 0. The highest BCUT2D eigenvalue weighted by Gasteiger charge is 2.21. The molecule has 3 aromatic carbocycles. The maximum absolute atomic E-state index is 12.6. The van der Waals surface area contributed by atoms with Crippen LogP contribution in [0.1, 0.15) is 24.2 Å². The van der Waals surface area contributed by atoms with Gasteiger partial charge in [0, 0.05) is 24.3 Å². The Morgan fingerprint density at radius 2 is 1.39 bits per heavy atom. The van der Waals surface area contributed by atoms with Gasteiger partial charge in [-0.3, -0.25) is 10.1 Å². The first-order chi connectivity index (χ1) is 17.3. The Hall–Kier alpha value is -3.47. The molecule has 0 atom stereocenters. The summed E-state index contributed by atoms with van der Waals surface area (Å²) in [5, 5.41) is 5.60. The third-order valence-electron chi connectivity index (χ3n) is 5.16. The van der Waals surface area contributed by atoms with E-state index in [1.807, 2.05) is 30.3 Å². The van der Waals surface area contributed by atoms with Gasteiger partial charge in [-0.1, -0.05) is 32.0 Å². The third kappa shape index (κ3) is 7.51. The highest BCUT2D eigenvalue weighted by atomic mass is 32.2. The summed E-state index contributed by atoms with van der Waals surface area (Å²) in [6, 6.07) is 22.3. The lowest BCUT2D eigenvalue weighted by atomic mass is 10.2. The van der Waals surface area contributed by atoms with Gasteiger partial charge in [0.2, 0.25) is 10.0 Å². The molecule has 0 unspecified atom stereocenters. The molecule has 0 spiro atoms. The zero-order chi connectivity index (χ0) is 26.0. The third-order valence-corrected chi connectivity index (χ3v) is 7.43. The minimum atomic E-state index is -3.54. The monoisotopic (exact) mass is 527 g/mol. The van der Waals surface area contributed by atoms with E-state index in [9.17, 15) is 13.2 Å². The molecule has 2 N–H and O–H groups in total. The smallest absolute Gasteiger partial charge is 0.257 e. The number of carbonyl (C=O) groups excluding carboxylic acids is 1. The van der Waals surface area contributed by atoms with E-state index in [-0.39, 0.29) is 15.9 Å². The number of amides is 1. The van der Waals surface area contributed by atoms with Crippen LogP contribution in [0.4, 0.5) is 5.69 Å². The normalized spacial score (nSPS) is 11.1. The number of hydrogen-bond acceptors (Lipinski definition) is 6. The summed E-state index contributed by atoms with van der Waals surface area (Å²) in [5.41, 5.74) is 0.966. The van der Waals surface area contributed by atoms with Gasteiger partial charge in [0.15, 0.2) is 5.11 Å². The first kappa shape index (κ1) is 27.1. The van der Waals surface area contributed by atoms with Crippen LogP contribution in [-0.2, 0) is 10.0 Å². The van der Waals surface area contributed by atoms with Crippen molar-refractivity contribution in [2.75, 3.05) is 31.6 Å². The Bertz CT molecular complexity index is 1250. The van der Waals surface area contributed by atoms with E-state index in [4.69, 9.17) is 21.7 Å². The Morgan fingerprint density at radius 3 is 1.94 bits per heavy atom. The Kier molecular flexibility index (Phi) is 9.80. The van der Waals surface area contributed by atoms with E-state index >= 15 is 0 Å². The maximum atomic E-state index is 12.6. The zero-order valence-corrected chi connectivity index (χ0v) is 21.8. The van der Waals surface area contributed by atoms with Crippen molar-refractivity contribution in [3.63, 3.8) is 0 Å². The van der Waals surface area contributed by atoms with Gasteiger partial charge in [0.05, 0.1) is 4.90 Å². The topological polar surface area (TPSA) is 97.0 Å². The van der Waals surface area contributed by atoms with Crippen molar-refractivity contribution in [1.82, 2.24) is 9.62 Å². The molecule has 0 saturated heterocycles. The van der Waals surface area contributed by atoms with Gasteiger partial charge >= 0.3 is 0 Å². The number of para-hydroxylation sites is 1. The fourth-order valence-electron chi connectivity index (χ4n) is 3.30. The molecule has 0 fully saturated rings. The molecule has 0 bridgehead atoms. The summed E-state index contributed by atoms with van der Waals surface area (Å²) >= 11 is 5.23. The van der Waals surface area contributed by atoms with E-state index in [0.29, 0.717) is 43.3 Å². The van der Waals surface area contributed by atoms with Crippen LogP contribution in [0.2, 0.25) is 0 Å². The van der Waals surface area contributed by atoms with Gasteiger partial charge in [-0.25, -0.2) is 8.42 Å². The maximum Gasteiger partial charge on any atom is 0.257 e. The average Bonchev–Trinajstić information content (AvgIpc) is 2.88. The van der Waals surface area contributed by atoms with Crippen LogP contribution in [-0.4, -0.2) is 50.0 Å². The second kappa shape index (κ2) is 13.0. The first-order valence-electron chi connectivity index (χ1n) is 11.5. The van der Waals surface area contributed by atoms with Gasteiger partial charge in [-0.2, -0.15) is 4.31 Å². The van der Waals surface area contributed by atoms with Gasteiger partial charge in [-0.15, -0.1) is 0 Å². The number of ether oxygens (including phenoxy) is 2. The molecule has 0 saturated carbocycles. The van der Waals surface area contributed by atoms with E-state index in [0.717, 1.165) is 5.75 Å². The molecule has 3 rings (SSSR count). The molecule has 8 nitrogen and oxygen atoms in total. The number of hydrogen-bond donors (Lipinski definition) is 2. The quantitative estimate of drug-likeness (QED) is 0.283. The summed E-state index contributed by atoms with van der Waals surface area (Å²) in [6.45, 7) is 5.13. The molecule has 0 aliphatic carbocycles. The average molecular weight is 528 g/mol. The highest BCUT2D eigenvalue weighted by Crippen LogP contribution is 2.18. The van der Waals surface area contributed by atoms with Crippen molar-refractivity contribution < 1.29 is 22.7 Å². The van der Waals surface area contributed by atoms with Crippen molar-refractivity contribution in [1.29, 1.82) is 0 Å². The molecule has 10 heteroatoms. The Morgan fingerprint density at radius 1 is 0.833 bits per heavy atom. The second-order valence-corrected chi connectivity index (χ2v) is 9.90. The Balaban J connectivity index is 1.47. The minimum Gasteiger partial charge on any atom is -0.490 e. The predicted octanol–water partition coefficient (Wildman–Crippen LogP) is 4.30. The standard InChI is InChI=1S/C26H29N3O5S2/c1-3-29(4-2)36(31,32)24-16-12-21(13-17-24)27-26(35)28-25(30)20-10-14-23(15-11-20)34-19-18-33-22-8-6-5-7-9-22/h5-17H,3-4,18-19H2,1-2H3,(H2,27,28,30,35). The van der Waals surface area contributed by atoms with Crippen molar-refractivity contribution in [3.8, 4) is 11.5 Å². The molecule has 36 heavy (non-hydrogen) atoms. The predicted molar refractivity (Wildman–Crippen MR) is 144 cm³/mol. The number of anilines is 1. The number of sulfonamides is 1. The number of rotatable bonds is 11. The molecule has 3 aromatic rings. The lowest BCUT2D eigenvalue weighted by Crippen LogP contribution is -2.34. The molecule has 0 aromatic heterocycles. The Labute approximate surface area is 217 Å². The molecule has 0 heterocycles. The van der Waals surface area contributed by atoms with Crippen LogP contribution in [0.25, 0.3) is 0 Å². The number of nitrogens with zero attached hydrogens (tertiary/aromatic N) is 1. The minimum absolute atomic E-state index is 0.0951. The van der Waals surface area contributed by atoms with E-state index < -0.39 is 10.0 Å². The second-order valence-electron chi connectivity index (χ2n) is 7.56. The largest absolute Gasteiger partial charge is 0.490 e. The zero-order valence-electron chi connectivity index (χ0n) is 20.1. The van der Waals surface area contributed by atoms with Crippen molar-refractivity contribution in [2.45, 2.75) is 18.7 Å². The van der Waals surface area contributed by atoms with Gasteiger partial charge in [0.1, 0.15) is 24.7 Å². The molecule has 0 aliphatic rings. The van der Waals surface area contributed by atoms with Crippen LogP contribution in [0.3, 0.4) is 0 Å². The van der Waals surface area contributed by atoms with E-state index in [1.165, 1.54) is 16.4 Å².